The molecule has 1 aromatic carbocycles. The lowest BCUT2D eigenvalue weighted by molar-refractivity contribution is -0.134. The van der Waals surface area contributed by atoms with Gasteiger partial charge in [0.15, 0.2) is 22.8 Å². The van der Waals surface area contributed by atoms with Crippen LogP contribution in [0.5, 0.6) is 23.0 Å². The van der Waals surface area contributed by atoms with Crippen molar-refractivity contribution >= 4 is 45.8 Å². The van der Waals surface area contributed by atoms with E-state index in [1.54, 1.807) is 13.8 Å². The Kier molecular flexibility index (Phi) is 6.52. The smallest absolute Gasteiger partial charge is 0.308 e. The summed E-state index contributed by atoms with van der Waals surface area (Å²) in [7, 11) is 0. The molecule has 0 aliphatic heterocycles. The van der Waals surface area contributed by atoms with Gasteiger partial charge in [-0.15, -0.1) is 0 Å². The van der Waals surface area contributed by atoms with Crippen LogP contribution in [-0.2, 0) is 19.2 Å². The number of rotatable bonds is 4. The summed E-state index contributed by atoms with van der Waals surface area (Å²) in [6.07, 6.45) is 0. The molecule has 172 valence electrons. The zero-order valence-electron chi connectivity index (χ0n) is 19.0. The van der Waals surface area contributed by atoms with Crippen LogP contribution in [-0.4, -0.2) is 23.9 Å². The van der Waals surface area contributed by atoms with Crippen molar-refractivity contribution in [2.45, 2.75) is 41.5 Å². The normalized spacial score (nSPS) is 10.6. The predicted molar refractivity (Wildman–Crippen MR) is 117 cm³/mol. The van der Waals surface area contributed by atoms with Crippen LogP contribution >= 0.6 is 0 Å². The molecule has 0 saturated carbocycles. The fraction of sp³-hybridized carbons (Fsp3) is 0.250. The molecule has 2 heterocycles. The van der Waals surface area contributed by atoms with Crippen LogP contribution < -0.4 is 18.9 Å². The zero-order chi connectivity index (χ0) is 24.4. The standard InChI is InChI=1S/C24H22O9/c1-11-12(2)22(31-15(5)27)24(32-16(6)28)21-18-9-7-17(29-13(3)25)8-10-19(30-14(4)26)23(33-18)20(11)21/h7-10H,1-6H3. The van der Waals surface area contributed by atoms with E-state index in [0.29, 0.717) is 21.9 Å². The molecule has 0 atom stereocenters. The molecule has 9 nitrogen and oxygen atoms in total. The van der Waals surface area contributed by atoms with E-state index in [4.69, 9.17) is 23.4 Å². The first-order valence-corrected chi connectivity index (χ1v) is 9.93. The van der Waals surface area contributed by atoms with Crippen molar-refractivity contribution in [1.82, 2.24) is 0 Å². The van der Waals surface area contributed by atoms with Crippen molar-refractivity contribution in [2.24, 2.45) is 0 Å². The van der Waals surface area contributed by atoms with E-state index in [0.717, 1.165) is 0 Å². The van der Waals surface area contributed by atoms with Crippen LogP contribution in [0.15, 0.2) is 28.7 Å². The van der Waals surface area contributed by atoms with Crippen LogP contribution in [0.1, 0.15) is 38.8 Å². The fourth-order valence-corrected chi connectivity index (χ4v) is 3.39. The molecule has 0 fully saturated rings. The van der Waals surface area contributed by atoms with Gasteiger partial charge in [0.05, 0.1) is 5.39 Å². The molecule has 0 aliphatic rings. The van der Waals surface area contributed by atoms with Crippen molar-refractivity contribution in [3.05, 3.63) is 35.4 Å². The van der Waals surface area contributed by atoms with E-state index < -0.39 is 23.9 Å². The maximum Gasteiger partial charge on any atom is 0.308 e. The summed E-state index contributed by atoms with van der Waals surface area (Å²) in [4.78, 5) is 47.0. The minimum absolute atomic E-state index is 0.0220. The maximum atomic E-state index is 11.9. The summed E-state index contributed by atoms with van der Waals surface area (Å²) in [6.45, 7) is 8.39. The van der Waals surface area contributed by atoms with Gasteiger partial charge in [-0.2, -0.15) is 0 Å². The quantitative estimate of drug-likeness (QED) is 0.415. The lowest BCUT2D eigenvalue weighted by Crippen LogP contribution is -2.09. The van der Waals surface area contributed by atoms with Gasteiger partial charge in [0.2, 0.25) is 0 Å². The van der Waals surface area contributed by atoms with Crippen LogP contribution in [0.2, 0.25) is 0 Å². The first kappa shape index (κ1) is 23.5. The Morgan fingerprint density at radius 2 is 1.18 bits per heavy atom. The van der Waals surface area contributed by atoms with E-state index in [-0.39, 0.29) is 34.2 Å². The third-order valence-corrected chi connectivity index (χ3v) is 4.68. The zero-order valence-corrected chi connectivity index (χ0v) is 19.0. The number of aryl methyl sites for hydroxylation is 1. The molecule has 2 aromatic heterocycles. The van der Waals surface area contributed by atoms with E-state index in [1.165, 1.54) is 52.0 Å². The van der Waals surface area contributed by atoms with Crippen molar-refractivity contribution in [3.63, 3.8) is 0 Å². The van der Waals surface area contributed by atoms with Gasteiger partial charge in [0.25, 0.3) is 0 Å². The number of furan rings is 1. The van der Waals surface area contributed by atoms with Crippen molar-refractivity contribution in [3.8, 4) is 23.0 Å². The largest absolute Gasteiger partial charge is 0.452 e. The van der Waals surface area contributed by atoms with Crippen LogP contribution in [0, 0.1) is 13.8 Å². The second-order valence-electron chi connectivity index (χ2n) is 7.26. The second kappa shape index (κ2) is 9.15. The number of benzene rings is 1. The molecule has 0 unspecified atom stereocenters. The maximum absolute atomic E-state index is 11.9. The van der Waals surface area contributed by atoms with Crippen LogP contribution in [0.3, 0.4) is 0 Å². The molecule has 9 heteroatoms. The summed E-state index contributed by atoms with van der Waals surface area (Å²) < 4.78 is 27.4. The number of fused-ring (bicyclic) bond motifs is 5. The average molecular weight is 454 g/mol. The molecule has 0 N–H and O–H groups in total. The molecule has 0 aliphatic carbocycles. The Bertz CT molecular complexity index is 1350. The number of carbonyl (C=O) groups is 4. The molecular weight excluding hydrogens is 432 g/mol. The van der Waals surface area contributed by atoms with E-state index in [9.17, 15) is 19.2 Å². The molecule has 33 heavy (non-hydrogen) atoms. The summed E-state index contributed by atoms with van der Waals surface area (Å²) in [6, 6.07) is 5.85. The van der Waals surface area contributed by atoms with Gasteiger partial charge in [0, 0.05) is 33.1 Å². The van der Waals surface area contributed by atoms with Crippen LogP contribution in [0.25, 0.3) is 21.9 Å². The number of hydrogen-bond acceptors (Lipinski definition) is 9. The number of carbonyl (C=O) groups excluding carboxylic acids is 4. The minimum atomic E-state index is -0.644. The fourth-order valence-electron chi connectivity index (χ4n) is 3.39. The van der Waals surface area contributed by atoms with Gasteiger partial charge in [-0.1, -0.05) is 0 Å². The second-order valence-corrected chi connectivity index (χ2v) is 7.26. The molecule has 3 aromatic rings. The molecule has 2 bridgehead atoms. The third kappa shape index (κ3) is 4.87. The van der Waals surface area contributed by atoms with Crippen LogP contribution in [0.4, 0.5) is 0 Å². The van der Waals surface area contributed by atoms with E-state index in [1.807, 2.05) is 0 Å². The van der Waals surface area contributed by atoms with Gasteiger partial charge in [-0.05, 0) is 49.2 Å². The average Bonchev–Trinajstić information content (AvgIpc) is 3.10. The number of esters is 4. The van der Waals surface area contributed by atoms with Gasteiger partial charge in [-0.3, -0.25) is 19.2 Å². The van der Waals surface area contributed by atoms with Gasteiger partial charge >= 0.3 is 23.9 Å². The monoisotopic (exact) mass is 454 g/mol. The lowest BCUT2D eigenvalue weighted by Gasteiger charge is -2.15. The summed E-state index contributed by atoms with van der Waals surface area (Å²) in [5.41, 5.74) is 1.56. The SMILES string of the molecule is CC(=O)Oc1ccc(OC(C)=O)c2oc(cc1)c1c(OC(C)=O)c(OC(C)=O)c(C)c(C)c21. The molecule has 0 saturated heterocycles. The Balaban J connectivity index is 2.58. The first-order chi connectivity index (χ1) is 15.5. The highest BCUT2D eigenvalue weighted by Crippen LogP contribution is 2.48. The van der Waals surface area contributed by atoms with Gasteiger partial charge < -0.3 is 23.4 Å². The molecule has 0 radical (unpaired) electrons. The van der Waals surface area contributed by atoms with E-state index in [2.05, 4.69) is 0 Å². The van der Waals surface area contributed by atoms with E-state index >= 15 is 0 Å². The van der Waals surface area contributed by atoms with Crippen molar-refractivity contribution in [2.75, 3.05) is 0 Å². The molecule has 0 spiro atoms. The third-order valence-electron chi connectivity index (χ3n) is 4.68. The Labute approximate surface area is 188 Å². The summed E-state index contributed by atoms with van der Waals surface area (Å²) in [5, 5.41) is 0.814. The predicted octanol–water partition coefficient (Wildman–Crippen LogP) is 4.47. The highest BCUT2D eigenvalue weighted by atomic mass is 16.6. The van der Waals surface area contributed by atoms with Crippen molar-refractivity contribution < 1.29 is 42.5 Å². The highest BCUT2D eigenvalue weighted by molar-refractivity contribution is 6.14. The highest BCUT2D eigenvalue weighted by Gasteiger charge is 2.26. The molecular formula is C24H22O9. The Morgan fingerprint density at radius 1 is 0.636 bits per heavy atom. The topological polar surface area (TPSA) is 118 Å². The first-order valence-electron chi connectivity index (χ1n) is 9.93. The molecule has 0 amide bonds. The van der Waals surface area contributed by atoms with Gasteiger partial charge in [0.1, 0.15) is 11.3 Å². The Hall–Kier alpha value is -4.14. The minimum Gasteiger partial charge on any atom is -0.452 e. The summed E-state index contributed by atoms with van der Waals surface area (Å²) >= 11 is 0. The number of hydrogen-bond donors (Lipinski definition) is 0. The van der Waals surface area contributed by atoms with Gasteiger partial charge in [-0.25, -0.2) is 0 Å². The van der Waals surface area contributed by atoms with Crippen molar-refractivity contribution in [1.29, 1.82) is 0 Å². The molecule has 3 rings (SSSR count). The lowest BCUT2D eigenvalue weighted by atomic mass is 9.99. The Morgan fingerprint density at radius 3 is 1.76 bits per heavy atom. The summed E-state index contributed by atoms with van der Waals surface area (Å²) in [5.74, 6) is -2.17. The number of ether oxygens (including phenoxy) is 4.